The normalized spacial score (nSPS) is 17.8. The molecule has 5 heteroatoms. The van der Waals surface area contributed by atoms with Crippen molar-refractivity contribution in [1.82, 2.24) is 4.90 Å². The van der Waals surface area contributed by atoms with Gasteiger partial charge in [-0.05, 0) is 25.2 Å². The van der Waals surface area contributed by atoms with Crippen LogP contribution in [0.1, 0.15) is 44.9 Å². The summed E-state index contributed by atoms with van der Waals surface area (Å²) in [7, 11) is 1.43. The predicted octanol–water partition coefficient (Wildman–Crippen LogP) is 1.39. The number of nitrogens with zero attached hydrogens (tertiary/aromatic N) is 2. The minimum Gasteiger partial charge on any atom is -0.369 e. The van der Waals surface area contributed by atoms with E-state index >= 15 is 0 Å². The maximum Gasteiger partial charge on any atom is 0.235 e. The first-order valence-electron chi connectivity index (χ1n) is 6.52. The van der Waals surface area contributed by atoms with Crippen LogP contribution in [0.5, 0.6) is 0 Å². The van der Waals surface area contributed by atoms with Gasteiger partial charge in [-0.3, -0.25) is 14.5 Å². The van der Waals surface area contributed by atoms with Gasteiger partial charge in [-0.1, -0.05) is 19.3 Å². The van der Waals surface area contributed by atoms with Gasteiger partial charge in [0.1, 0.15) is 0 Å². The van der Waals surface area contributed by atoms with E-state index in [0.29, 0.717) is 12.3 Å². The molecular weight excluding hydrogens is 230 g/mol. The van der Waals surface area contributed by atoms with Crippen molar-refractivity contribution in [1.29, 1.82) is 5.26 Å². The Labute approximate surface area is 108 Å². The third-order valence-corrected chi connectivity index (χ3v) is 3.78. The first kappa shape index (κ1) is 14.5. The lowest BCUT2D eigenvalue weighted by atomic mass is 9.77. The average Bonchev–Trinajstić information content (AvgIpc) is 2.38. The molecule has 0 saturated heterocycles. The summed E-state index contributed by atoms with van der Waals surface area (Å²) in [6.07, 6.45) is 7.99. The smallest absolute Gasteiger partial charge is 0.235 e. The first-order valence-corrected chi connectivity index (χ1v) is 6.52. The number of rotatable bonds is 5. The van der Waals surface area contributed by atoms with Crippen LogP contribution in [0.25, 0.3) is 0 Å². The lowest BCUT2D eigenvalue weighted by Crippen LogP contribution is -2.32. The van der Waals surface area contributed by atoms with Crippen LogP contribution in [0.3, 0.4) is 0 Å². The lowest BCUT2D eigenvalue weighted by molar-refractivity contribution is -0.128. The van der Waals surface area contributed by atoms with Crippen LogP contribution in [0.4, 0.5) is 0 Å². The van der Waals surface area contributed by atoms with Gasteiger partial charge in [0, 0.05) is 19.4 Å². The van der Waals surface area contributed by atoms with Crippen molar-refractivity contribution in [2.45, 2.75) is 44.9 Å². The van der Waals surface area contributed by atoms with E-state index in [1.165, 1.54) is 13.5 Å². The van der Waals surface area contributed by atoms with E-state index in [9.17, 15) is 9.59 Å². The number of carbonyl (C=O) groups excluding carboxylic acids is 2. The second-order valence-electron chi connectivity index (χ2n) is 5.00. The van der Waals surface area contributed by atoms with Gasteiger partial charge >= 0.3 is 0 Å². The van der Waals surface area contributed by atoms with E-state index in [1.807, 2.05) is 0 Å². The molecule has 0 aliphatic heterocycles. The van der Waals surface area contributed by atoms with Gasteiger partial charge in [0.15, 0.2) is 6.19 Å². The number of primary amides is 1. The van der Waals surface area contributed by atoms with E-state index in [2.05, 4.69) is 0 Å². The molecule has 5 nitrogen and oxygen atoms in total. The van der Waals surface area contributed by atoms with Gasteiger partial charge in [0.2, 0.25) is 11.8 Å². The second-order valence-corrected chi connectivity index (χ2v) is 5.00. The molecule has 1 fully saturated rings. The Balaban J connectivity index is 2.50. The van der Waals surface area contributed by atoms with Crippen LogP contribution < -0.4 is 5.73 Å². The van der Waals surface area contributed by atoms with Crippen molar-refractivity contribution >= 4 is 11.8 Å². The maximum absolute atomic E-state index is 11.5. The zero-order valence-electron chi connectivity index (χ0n) is 10.9. The van der Waals surface area contributed by atoms with Crippen LogP contribution >= 0.6 is 0 Å². The van der Waals surface area contributed by atoms with Crippen LogP contribution in [0, 0.1) is 23.3 Å². The predicted molar refractivity (Wildman–Crippen MR) is 66.9 cm³/mol. The van der Waals surface area contributed by atoms with Gasteiger partial charge in [-0.15, -0.1) is 0 Å². The molecule has 100 valence electrons. The third-order valence-electron chi connectivity index (χ3n) is 3.78. The van der Waals surface area contributed by atoms with Gasteiger partial charge in [0.05, 0.1) is 0 Å². The summed E-state index contributed by atoms with van der Waals surface area (Å²) in [5, 5.41) is 8.59. The number of amides is 2. The molecule has 0 radical (unpaired) electrons. The fraction of sp³-hybridized carbons (Fsp3) is 0.769. The SMILES string of the molecule is CN(C#N)C(=O)CC[C@H](C(N)=O)C1CCCCC1. The summed E-state index contributed by atoms with van der Waals surface area (Å²) in [6, 6.07) is 0. The summed E-state index contributed by atoms with van der Waals surface area (Å²) < 4.78 is 0. The molecule has 1 aliphatic carbocycles. The summed E-state index contributed by atoms with van der Waals surface area (Å²) in [5.74, 6) is -0.466. The van der Waals surface area contributed by atoms with Gasteiger partial charge < -0.3 is 5.73 Å². The number of carbonyl (C=O) groups is 2. The van der Waals surface area contributed by atoms with Crippen LogP contribution in [-0.2, 0) is 9.59 Å². The minimum atomic E-state index is -0.311. The quantitative estimate of drug-likeness (QED) is 0.591. The Hall–Kier alpha value is -1.57. The molecule has 2 amide bonds. The first-order chi connectivity index (χ1) is 8.56. The van der Waals surface area contributed by atoms with Crippen molar-refractivity contribution in [3.63, 3.8) is 0 Å². The number of hydrogen-bond donors (Lipinski definition) is 1. The van der Waals surface area contributed by atoms with E-state index < -0.39 is 0 Å². The zero-order valence-corrected chi connectivity index (χ0v) is 10.9. The third kappa shape index (κ3) is 4.02. The molecule has 0 aromatic carbocycles. The average molecular weight is 251 g/mol. The fourth-order valence-corrected chi connectivity index (χ4v) is 2.65. The summed E-state index contributed by atoms with van der Waals surface area (Å²) in [5.41, 5.74) is 5.43. The zero-order chi connectivity index (χ0) is 13.5. The topological polar surface area (TPSA) is 87.2 Å². The van der Waals surface area contributed by atoms with E-state index in [-0.39, 0.29) is 24.2 Å². The molecule has 1 rings (SSSR count). The molecule has 0 aromatic rings. The summed E-state index contributed by atoms with van der Waals surface area (Å²) in [4.78, 5) is 24.0. The molecule has 0 bridgehead atoms. The van der Waals surface area contributed by atoms with Crippen LogP contribution in [0.2, 0.25) is 0 Å². The van der Waals surface area contributed by atoms with Crippen molar-refractivity contribution in [2.75, 3.05) is 7.05 Å². The maximum atomic E-state index is 11.5. The molecule has 1 atom stereocenters. The molecule has 18 heavy (non-hydrogen) atoms. The molecule has 0 unspecified atom stereocenters. The Bertz CT molecular complexity index is 343. The lowest BCUT2D eigenvalue weighted by Gasteiger charge is -2.28. The van der Waals surface area contributed by atoms with Gasteiger partial charge in [-0.2, -0.15) is 5.26 Å². The molecule has 1 saturated carbocycles. The van der Waals surface area contributed by atoms with Gasteiger partial charge in [-0.25, -0.2) is 0 Å². The standard InChI is InChI=1S/C13H21N3O2/c1-16(9-14)12(17)8-7-11(13(15)18)10-5-3-2-4-6-10/h10-11H,2-8H2,1H3,(H2,15,18)/t11-/m0/s1. The Morgan fingerprint density at radius 1 is 1.39 bits per heavy atom. The van der Waals surface area contributed by atoms with E-state index in [1.54, 1.807) is 6.19 Å². The number of nitrogens with two attached hydrogens (primary N) is 1. The van der Waals surface area contributed by atoms with Gasteiger partial charge in [0.25, 0.3) is 0 Å². The molecule has 0 heterocycles. The Kier molecular flexibility index (Phi) is 5.63. The van der Waals surface area contributed by atoms with Crippen LogP contribution in [-0.4, -0.2) is 23.8 Å². The van der Waals surface area contributed by atoms with Crippen LogP contribution in [0.15, 0.2) is 0 Å². The number of nitriles is 1. The van der Waals surface area contributed by atoms with Crippen molar-refractivity contribution in [2.24, 2.45) is 17.6 Å². The summed E-state index contributed by atoms with van der Waals surface area (Å²) in [6.45, 7) is 0. The molecular formula is C13H21N3O2. The second kappa shape index (κ2) is 7.00. The highest BCUT2D eigenvalue weighted by Gasteiger charge is 2.28. The number of hydrogen-bond acceptors (Lipinski definition) is 3. The van der Waals surface area contributed by atoms with Crippen molar-refractivity contribution in [3.05, 3.63) is 0 Å². The molecule has 0 spiro atoms. The van der Waals surface area contributed by atoms with E-state index in [4.69, 9.17) is 11.0 Å². The molecule has 2 N–H and O–H groups in total. The highest BCUT2D eigenvalue weighted by molar-refractivity contribution is 5.80. The van der Waals surface area contributed by atoms with Crippen molar-refractivity contribution < 1.29 is 9.59 Å². The highest BCUT2D eigenvalue weighted by atomic mass is 16.2. The molecule has 1 aliphatic rings. The molecule has 0 aromatic heterocycles. The largest absolute Gasteiger partial charge is 0.369 e. The Morgan fingerprint density at radius 2 is 2.00 bits per heavy atom. The van der Waals surface area contributed by atoms with Crippen molar-refractivity contribution in [3.8, 4) is 6.19 Å². The van der Waals surface area contributed by atoms with E-state index in [0.717, 1.165) is 30.6 Å². The monoisotopic (exact) mass is 251 g/mol. The minimum absolute atomic E-state index is 0.216. The summed E-state index contributed by atoms with van der Waals surface area (Å²) >= 11 is 0. The highest BCUT2D eigenvalue weighted by Crippen LogP contribution is 2.32. The fourth-order valence-electron chi connectivity index (χ4n) is 2.65. The Morgan fingerprint density at radius 3 is 2.50 bits per heavy atom.